The lowest BCUT2D eigenvalue weighted by atomic mass is 10.1. The lowest BCUT2D eigenvalue weighted by Crippen LogP contribution is -2.55. The van der Waals surface area contributed by atoms with Gasteiger partial charge in [0.1, 0.15) is 0 Å². The lowest BCUT2D eigenvalue weighted by molar-refractivity contribution is -0.126. The molecule has 26 heavy (non-hydrogen) atoms. The molecule has 0 saturated carbocycles. The second-order valence-electron chi connectivity index (χ2n) is 7.21. The molecule has 2 amide bonds. The van der Waals surface area contributed by atoms with Crippen LogP contribution in [0.15, 0.2) is 24.3 Å². The summed E-state index contributed by atoms with van der Waals surface area (Å²) in [7, 11) is 0. The first-order valence-electron chi connectivity index (χ1n) is 9.72. The first-order chi connectivity index (χ1) is 12.6. The number of nitrogens with zero attached hydrogens (tertiary/aromatic N) is 3. The van der Waals surface area contributed by atoms with Crippen LogP contribution in [-0.2, 0) is 16.0 Å². The molecular formula is C20H30N4O2. The van der Waals surface area contributed by atoms with Crippen molar-refractivity contribution in [3.8, 4) is 0 Å². The summed E-state index contributed by atoms with van der Waals surface area (Å²) in [5, 5.41) is 2.92. The Morgan fingerprint density at radius 1 is 1.12 bits per heavy atom. The van der Waals surface area contributed by atoms with E-state index in [4.69, 9.17) is 0 Å². The van der Waals surface area contributed by atoms with Crippen LogP contribution in [0.4, 0.5) is 5.69 Å². The van der Waals surface area contributed by atoms with Crippen molar-refractivity contribution < 1.29 is 9.59 Å². The summed E-state index contributed by atoms with van der Waals surface area (Å²) in [4.78, 5) is 31.2. The summed E-state index contributed by atoms with van der Waals surface area (Å²) < 4.78 is 0. The van der Waals surface area contributed by atoms with Crippen LogP contribution in [-0.4, -0.2) is 73.5 Å². The second-order valence-corrected chi connectivity index (χ2v) is 7.21. The van der Waals surface area contributed by atoms with E-state index in [2.05, 4.69) is 28.1 Å². The quantitative estimate of drug-likeness (QED) is 0.828. The molecule has 1 atom stereocenters. The maximum atomic E-state index is 13.0. The van der Waals surface area contributed by atoms with E-state index in [-0.39, 0.29) is 17.9 Å². The molecule has 0 spiro atoms. The SMILES string of the molecule is CCCNC(=O)CN1CCN([C@@H](C)C(=O)N2CCc3ccccc32)CC1. The van der Waals surface area contributed by atoms with E-state index in [1.54, 1.807) is 0 Å². The van der Waals surface area contributed by atoms with E-state index in [1.807, 2.05) is 30.0 Å². The fourth-order valence-electron chi connectivity index (χ4n) is 3.78. The number of hydrogen-bond donors (Lipinski definition) is 1. The molecule has 1 aromatic rings. The van der Waals surface area contributed by atoms with Crippen LogP contribution in [0.1, 0.15) is 25.8 Å². The predicted octanol–water partition coefficient (Wildman–Crippen LogP) is 1.11. The smallest absolute Gasteiger partial charge is 0.244 e. The molecule has 1 aromatic carbocycles. The summed E-state index contributed by atoms with van der Waals surface area (Å²) in [5.41, 5.74) is 2.33. The van der Waals surface area contributed by atoms with Gasteiger partial charge in [0.2, 0.25) is 11.8 Å². The van der Waals surface area contributed by atoms with E-state index in [9.17, 15) is 9.59 Å². The van der Waals surface area contributed by atoms with Gasteiger partial charge in [0.15, 0.2) is 0 Å². The number of anilines is 1. The van der Waals surface area contributed by atoms with Crippen LogP contribution < -0.4 is 10.2 Å². The number of nitrogens with one attached hydrogen (secondary N) is 1. The van der Waals surface area contributed by atoms with Crippen molar-refractivity contribution >= 4 is 17.5 Å². The number of fused-ring (bicyclic) bond motifs is 1. The van der Waals surface area contributed by atoms with E-state index in [1.165, 1.54) is 5.56 Å². The number of para-hydroxylation sites is 1. The molecule has 6 nitrogen and oxygen atoms in total. The Hall–Kier alpha value is -1.92. The monoisotopic (exact) mass is 358 g/mol. The van der Waals surface area contributed by atoms with Gasteiger partial charge in [-0.3, -0.25) is 19.4 Å². The van der Waals surface area contributed by atoms with Gasteiger partial charge in [-0.1, -0.05) is 25.1 Å². The van der Waals surface area contributed by atoms with Gasteiger partial charge in [-0.15, -0.1) is 0 Å². The standard InChI is InChI=1S/C20H30N4O2/c1-3-9-21-19(25)15-22-11-13-23(14-12-22)16(2)20(26)24-10-8-17-6-4-5-7-18(17)24/h4-7,16H,3,8-15H2,1-2H3,(H,21,25)/t16-/m0/s1. The predicted molar refractivity (Wildman–Crippen MR) is 103 cm³/mol. The highest BCUT2D eigenvalue weighted by atomic mass is 16.2. The third kappa shape index (κ3) is 4.24. The summed E-state index contributed by atoms with van der Waals surface area (Å²) in [5.74, 6) is 0.280. The largest absolute Gasteiger partial charge is 0.355 e. The second kappa shape index (κ2) is 8.64. The average Bonchev–Trinajstić information content (AvgIpc) is 3.10. The molecule has 0 aromatic heterocycles. The summed E-state index contributed by atoms with van der Waals surface area (Å²) in [6, 6.07) is 8.05. The van der Waals surface area contributed by atoms with Crippen molar-refractivity contribution in [2.24, 2.45) is 0 Å². The number of amides is 2. The van der Waals surface area contributed by atoms with Gasteiger partial charge in [0, 0.05) is 45.0 Å². The van der Waals surface area contributed by atoms with Crippen molar-refractivity contribution in [1.29, 1.82) is 0 Å². The number of benzene rings is 1. The highest BCUT2D eigenvalue weighted by Crippen LogP contribution is 2.28. The van der Waals surface area contributed by atoms with Crippen molar-refractivity contribution in [2.75, 3.05) is 50.7 Å². The molecule has 3 rings (SSSR count). The van der Waals surface area contributed by atoms with Crippen LogP contribution in [0.5, 0.6) is 0 Å². The Kier molecular flexibility index (Phi) is 6.27. The van der Waals surface area contributed by atoms with Gasteiger partial charge in [0.25, 0.3) is 0 Å². The number of carbonyl (C=O) groups excluding carboxylic acids is 2. The highest BCUT2D eigenvalue weighted by Gasteiger charge is 2.32. The maximum Gasteiger partial charge on any atom is 0.244 e. The first kappa shape index (κ1) is 18.9. The van der Waals surface area contributed by atoms with Crippen LogP contribution in [0.3, 0.4) is 0 Å². The highest BCUT2D eigenvalue weighted by molar-refractivity contribution is 5.98. The lowest BCUT2D eigenvalue weighted by Gasteiger charge is -2.38. The van der Waals surface area contributed by atoms with Gasteiger partial charge >= 0.3 is 0 Å². The third-order valence-corrected chi connectivity index (χ3v) is 5.40. The summed E-state index contributed by atoms with van der Waals surface area (Å²) in [6.07, 6.45) is 1.90. The molecule has 2 aliphatic heterocycles. The molecule has 1 N–H and O–H groups in total. The summed E-state index contributed by atoms with van der Waals surface area (Å²) in [6.45, 7) is 9.33. The molecule has 6 heteroatoms. The summed E-state index contributed by atoms with van der Waals surface area (Å²) >= 11 is 0. The molecule has 0 radical (unpaired) electrons. The van der Waals surface area contributed by atoms with Gasteiger partial charge in [0.05, 0.1) is 12.6 Å². The van der Waals surface area contributed by atoms with Crippen molar-refractivity contribution in [3.05, 3.63) is 29.8 Å². The van der Waals surface area contributed by atoms with Gasteiger partial charge < -0.3 is 10.2 Å². The fourth-order valence-corrected chi connectivity index (χ4v) is 3.78. The van der Waals surface area contributed by atoms with E-state index < -0.39 is 0 Å². The number of piperazine rings is 1. The maximum absolute atomic E-state index is 13.0. The molecule has 0 unspecified atom stereocenters. The van der Waals surface area contributed by atoms with Crippen LogP contribution >= 0.6 is 0 Å². The normalized spacial score (nSPS) is 19.2. The van der Waals surface area contributed by atoms with Crippen LogP contribution in [0, 0.1) is 0 Å². The molecule has 0 aliphatic carbocycles. The Morgan fingerprint density at radius 2 is 1.85 bits per heavy atom. The van der Waals surface area contributed by atoms with Crippen LogP contribution in [0.2, 0.25) is 0 Å². The Morgan fingerprint density at radius 3 is 2.58 bits per heavy atom. The zero-order valence-corrected chi connectivity index (χ0v) is 15.9. The zero-order chi connectivity index (χ0) is 18.5. The molecule has 1 saturated heterocycles. The molecule has 1 fully saturated rings. The van der Waals surface area contributed by atoms with Crippen LogP contribution in [0.25, 0.3) is 0 Å². The van der Waals surface area contributed by atoms with E-state index >= 15 is 0 Å². The topological polar surface area (TPSA) is 55.9 Å². The van der Waals surface area contributed by atoms with Gasteiger partial charge in [-0.2, -0.15) is 0 Å². The molecule has 0 bridgehead atoms. The Labute approximate surface area is 156 Å². The minimum Gasteiger partial charge on any atom is -0.355 e. The van der Waals surface area contributed by atoms with Crippen molar-refractivity contribution in [3.63, 3.8) is 0 Å². The Balaban J connectivity index is 1.50. The molecular weight excluding hydrogens is 328 g/mol. The first-order valence-corrected chi connectivity index (χ1v) is 9.72. The molecule has 142 valence electrons. The number of hydrogen-bond acceptors (Lipinski definition) is 4. The van der Waals surface area contributed by atoms with Gasteiger partial charge in [-0.25, -0.2) is 0 Å². The number of carbonyl (C=O) groups is 2. The average molecular weight is 358 g/mol. The van der Waals surface area contributed by atoms with Crippen molar-refractivity contribution in [2.45, 2.75) is 32.7 Å². The van der Waals surface area contributed by atoms with Crippen molar-refractivity contribution in [1.82, 2.24) is 15.1 Å². The van der Waals surface area contributed by atoms with Gasteiger partial charge in [-0.05, 0) is 31.4 Å². The zero-order valence-electron chi connectivity index (χ0n) is 15.9. The van der Waals surface area contributed by atoms with E-state index in [0.717, 1.165) is 57.8 Å². The number of rotatable bonds is 6. The van der Waals surface area contributed by atoms with E-state index in [0.29, 0.717) is 6.54 Å². The molecule has 2 aliphatic rings. The molecule has 2 heterocycles. The minimum atomic E-state index is -0.128. The fraction of sp³-hybridized carbons (Fsp3) is 0.600. The third-order valence-electron chi connectivity index (χ3n) is 5.40. The Bertz CT molecular complexity index is 640. The minimum absolute atomic E-state index is 0.0955.